The summed E-state index contributed by atoms with van der Waals surface area (Å²) in [4.78, 5) is 16.4. The van der Waals surface area contributed by atoms with E-state index in [1.807, 2.05) is 6.92 Å². The van der Waals surface area contributed by atoms with Gasteiger partial charge in [-0.25, -0.2) is 9.18 Å². The van der Waals surface area contributed by atoms with Gasteiger partial charge in [-0.3, -0.25) is 4.57 Å². The van der Waals surface area contributed by atoms with Gasteiger partial charge in [0, 0.05) is 1.37 Å². The average Bonchev–Trinajstić information content (AvgIpc) is 2.98. The topological polar surface area (TPSA) is 94.8 Å². The molecule has 4 atom stereocenters. The first-order valence-corrected chi connectivity index (χ1v) is 8.64. The first-order valence-electron chi connectivity index (χ1n) is 9.35. The van der Waals surface area contributed by atoms with Gasteiger partial charge in [0.2, 0.25) is 0 Å². The second kappa shape index (κ2) is 6.82. The number of hydrogen-bond donors (Lipinski definition) is 2. The van der Waals surface area contributed by atoms with E-state index in [0.717, 1.165) is 11.0 Å². The van der Waals surface area contributed by atoms with E-state index in [1.54, 1.807) is 18.2 Å². The van der Waals surface area contributed by atoms with Gasteiger partial charge >= 0.3 is 5.69 Å². The van der Waals surface area contributed by atoms with Gasteiger partial charge in [-0.05, 0) is 25.5 Å². The Labute approximate surface area is 155 Å². The number of aliphatic hydroxyl groups is 1. The lowest BCUT2D eigenvalue weighted by Crippen LogP contribution is -2.33. The SMILES string of the molecule is [2H]C[C@H]1O[C@@H](n2cc3c(nc2=O)Nc2c(OCCC)cccc2O3)[C@@H](F)C1O. The quantitative estimate of drug-likeness (QED) is 0.720. The largest absolute Gasteiger partial charge is 0.491 e. The number of benzene rings is 1. The summed E-state index contributed by atoms with van der Waals surface area (Å²) in [6.45, 7) is 2.19. The molecule has 27 heavy (non-hydrogen) atoms. The number of nitrogens with one attached hydrogen (secondary N) is 1. The van der Waals surface area contributed by atoms with E-state index in [0.29, 0.717) is 23.8 Å². The standard InChI is InChI=1S/C18H20FN3O5/c1-3-7-25-10-5-4-6-11-14(10)20-16-12(27-11)8-22(18(24)21-16)17-13(19)15(23)9(2)26-17/h4-6,8-9,13,15,17,23H,3,7H2,1-2H3,(H,20,21,24)/t9-,13+,15?,17-/m1/s1/i2D. The zero-order valence-electron chi connectivity index (χ0n) is 15.6. The van der Waals surface area contributed by atoms with Crippen molar-refractivity contribution in [3.63, 3.8) is 0 Å². The molecule has 144 valence electrons. The Hall–Kier alpha value is -2.65. The van der Waals surface area contributed by atoms with Crippen LogP contribution in [0.3, 0.4) is 0 Å². The highest BCUT2D eigenvalue weighted by molar-refractivity contribution is 5.77. The van der Waals surface area contributed by atoms with Gasteiger partial charge in [0.15, 0.2) is 29.7 Å². The molecule has 0 amide bonds. The zero-order valence-corrected chi connectivity index (χ0v) is 14.6. The highest BCUT2D eigenvalue weighted by atomic mass is 19.1. The van der Waals surface area contributed by atoms with Crippen LogP contribution in [-0.2, 0) is 4.74 Å². The maximum Gasteiger partial charge on any atom is 0.352 e. The van der Waals surface area contributed by atoms with Gasteiger partial charge in [-0.1, -0.05) is 13.0 Å². The molecule has 2 N–H and O–H groups in total. The maximum absolute atomic E-state index is 14.4. The maximum atomic E-state index is 14.4. The first-order chi connectivity index (χ1) is 13.5. The molecule has 3 heterocycles. The Bertz CT molecular complexity index is 940. The normalized spacial score (nSPS) is 26.4. The summed E-state index contributed by atoms with van der Waals surface area (Å²) in [5, 5.41) is 12.9. The molecule has 9 heteroatoms. The first kappa shape index (κ1) is 16.5. The lowest BCUT2D eigenvalue weighted by molar-refractivity contribution is -0.0186. The Kier molecular flexibility index (Phi) is 4.17. The number of nitrogens with zero attached hydrogens (tertiary/aromatic N) is 2. The summed E-state index contributed by atoms with van der Waals surface area (Å²) in [6, 6.07) is 5.27. The van der Waals surface area contributed by atoms with Gasteiger partial charge in [-0.15, -0.1) is 0 Å². The zero-order chi connectivity index (χ0) is 19.8. The van der Waals surface area contributed by atoms with Crippen LogP contribution >= 0.6 is 0 Å². The van der Waals surface area contributed by atoms with Crippen molar-refractivity contribution in [2.45, 2.75) is 44.9 Å². The molecule has 0 spiro atoms. The van der Waals surface area contributed by atoms with Crippen molar-refractivity contribution in [3.8, 4) is 17.2 Å². The van der Waals surface area contributed by atoms with Crippen LogP contribution in [0.5, 0.6) is 17.2 Å². The fourth-order valence-electron chi connectivity index (χ4n) is 3.01. The van der Waals surface area contributed by atoms with Crippen LogP contribution in [0.1, 0.15) is 27.8 Å². The molecule has 1 aromatic heterocycles. The fourth-order valence-corrected chi connectivity index (χ4v) is 3.01. The Morgan fingerprint density at radius 3 is 3.07 bits per heavy atom. The van der Waals surface area contributed by atoms with Crippen molar-refractivity contribution in [2.24, 2.45) is 0 Å². The van der Waals surface area contributed by atoms with E-state index in [-0.39, 0.29) is 18.5 Å². The summed E-state index contributed by atoms with van der Waals surface area (Å²) in [6.07, 6.45) is -3.60. The summed E-state index contributed by atoms with van der Waals surface area (Å²) in [7, 11) is 0. The summed E-state index contributed by atoms with van der Waals surface area (Å²) in [5.41, 5.74) is -0.214. The van der Waals surface area contributed by atoms with Crippen LogP contribution in [0.15, 0.2) is 29.2 Å². The van der Waals surface area contributed by atoms with E-state index >= 15 is 0 Å². The van der Waals surface area contributed by atoms with Crippen molar-refractivity contribution < 1.29 is 25.1 Å². The smallest absolute Gasteiger partial charge is 0.352 e. The number of para-hydroxylation sites is 1. The van der Waals surface area contributed by atoms with Crippen LogP contribution in [0.25, 0.3) is 0 Å². The molecular formula is C18H20FN3O5. The number of alkyl halides is 1. The molecule has 0 radical (unpaired) electrons. The number of halogens is 1. The highest BCUT2D eigenvalue weighted by Gasteiger charge is 2.43. The number of anilines is 2. The Morgan fingerprint density at radius 2 is 2.33 bits per heavy atom. The van der Waals surface area contributed by atoms with Crippen molar-refractivity contribution in [1.82, 2.24) is 9.55 Å². The molecule has 1 unspecified atom stereocenters. The number of fused-ring (bicyclic) bond motifs is 2. The molecule has 2 aliphatic heterocycles. The van der Waals surface area contributed by atoms with Gasteiger partial charge < -0.3 is 24.6 Å². The molecule has 1 fully saturated rings. The number of hydrogen-bond acceptors (Lipinski definition) is 7. The van der Waals surface area contributed by atoms with E-state index in [2.05, 4.69) is 10.3 Å². The highest BCUT2D eigenvalue weighted by Crippen LogP contribution is 2.45. The fraction of sp³-hybridized carbons (Fsp3) is 0.444. The Morgan fingerprint density at radius 1 is 1.48 bits per heavy atom. The monoisotopic (exact) mass is 378 g/mol. The third kappa shape index (κ3) is 3.02. The van der Waals surface area contributed by atoms with Crippen LogP contribution in [0.4, 0.5) is 15.9 Å². The molecule has 0 bridgehead atoms. The minimum absolute atomic E-state index is 0.173. The summed E-state index contributed by atoms with van der Waals surface area (Å²) in [5.74, 6) is 1.42. The van der Waals surface area contributed by atoms with E-state index in [1.165, 1.54) is 6.20 Å². The summed E-state index contributed by atoms with van der Waals surface area (Å²) >= 11 is 0. The molecule has 0 saturated carbocycles. The molecule has 1 aromatic carbocycles. The molecule has 2 aromatic rings. The van der Waals surface area contributed by atoms with Gasteiger partial charge in [0.1, 0.15) is 17.5 Å². The number of ether oxygens (including phenoxy) is 3. The molecule has 2 aliphatic rings. The van der Waals surface area contributed by atoms with Gasteiger partial charge in [0.25, 0.3) is 0 Å². The minimum Gasteiger partial charge on any atom is -0.491 e. The molecule has 1 saturated heterocycles. The lowest BCUT2D eigenvalue weighted by Gasteiger charge is -2.24. The van der Waals surface area contributed by atoms with Gasteiger partial charge in [-0.2, -0.15) is 4.98 Å². The molecule has 4 rings (SSSR count). The third-order valence-corrected chi connectivity index (χ3v) is 4.40. The summed E-state index contributed by atoms with van der Waals surface area (Å²) < 4.78 is 39.5. The second-order valence-electron chi connectivity index (χ2n) is 6.35. The van der Waals surface area contributed by atoms with Crippen molar-refractivity contribution in [2.75, 3.05) is 11.9 Å². The van der Waals surface area contributed by atoms with Crippen LogP contribution in [-0.4, -0.2) is 39.6 Å². The van der Waals surface area contributed by atoms with Crippen molar-refractivity contribution >= 4 is 11.5 Å². The van der Waals surface area contributed by atoms with E-state index < -0.39 is 30.3 Å². The van der Waals surface area contributed by atoms with Crippen LogP contribution in [0.2, 0.25) is 0 Å². The minimum atomic E-state index is -1.86. The predicted octanol–water partition coefficient (Wildman–Crippen LogP) is 2.50. The van der Waals surface area contributed by atoms with Crippen molar-refractivity contribution in [1.29, 1.82) is 0 Å². The molecule has 0 aliphatic carbocycles. The molecule has 8 nitrogen and oxygen atoms in total. The van der Waals surface area contributed by atoms with E-state index in [4.69, 9.17) is 15.6 Å². The predicted molar refractivity (Wildman–Crippen MR) is 94.6 cm³/mol. The number of aromatic nitrogens is 2. The lowest BCUT2D eigenvalue weighted by atomic mass is 10.2. The van der Waals surface area contributed by atoms with Crippen molar-refractivity contribution in [3.05, 3.63) is 34.9 Å². The number of rotatable bonds is 4. The van der Waals surface area contributed by atoms with E-state index in [9.17, 15) is 14.3 Å². The molecular weight excluding hydrogens is 357 g/mol. The average molecular weight is 378 g/mol. The van der Waals surface area contributed by atoms with Crippen LogP contribution in [0, 0.1) is 0 Å². The Balaban J connectivity index is 1.67. The van der Waals surface area contributed by atoms with Crippen LogP contribution < -0.4 is 20.5 Å². The third-order valence-electron chi connectivity index (χ3n) is 4.40. The second-order valence-corrected chi connectivity index (χ2v) is 6.35. The number of aliphatic hydroxyl groups excluding tert-OH is 1. The van der Waals surface area contributed by atoms with Gasteiger partial charge in [0.05, 0.1) is 18.9 Å².